The van der Waals surface area contributed by atoms with Gasteiger partial charge in [0.2, 0.25) is 0 Å². The molecule has 0 aromatic heterocycles. The lowest BCUT2D eigenvalue weighted by molar-refractivity contribution is 0.767. The predicted octanol–water partition coefficient (Wildman–Crippen LogP) is 9.25. The predicted molar refractivity (Wildman–Crippen MR) is 191 cm³/mol. The molecular weight excluding hydrogens is 541 g/mol. The number of rotatable bonds is 4. The number of benzene rings is 5. The van der Waals surface area contributed by atoms with Crippen molar-refractivity contribution in [3.8, 4) is 0 Å². The van der Waals surface area contributed by atoms with E-state index in [0.717, 1.165) is 13.1 Å². The summed E-state index contributed by atoms with van der Waals surface area (Å²) in [5.74, 6) is 0. The Morgan fingerprint density at radius 1 is 0.476 bits per heavy atom. The van der Waals surface area contributed by atoms with Crippen LogP contribution in [0, 0.1) is 0 Å². The molecule has 0 amide bonds. The van der Waals surface area contributed by atoms with Gasteiger partial charge in [-0.1, -0.05) is 87.8 Å². The smallest absolute Gasteiger partial charge is 0.0792 e. The van der Waals surface area contributed by atoms with Crippen molar-refractivity contribution >= 4 is 70.8 Å². The summed E-state index contributed by atoms with van der Waals surface area (Å²) < 4.78 is 0. The minimum absolute atomic E-state index is 1.08. The first-order chi connectivity index (χ1) is 20.1. The van der Waals surface area contributed by atoms with Crippen molar-refractivity contribution in [1.82, 2.24) is 0 Å². The van der Waals surface area contributed by atoms with E-state index in [1.54, 1.807) is 10.4 Å². The number of hydrogen-bond acceptors (Lipinski definition) is 2. The van der Waals surface area contributed by atoms with Gasteiger partial charge in [0, 0.05) is 35.8 Å². The molecule has 42 heavy (non-hydrogen) atoms. The summed E-state index contributed by atoms with van der Waals surface area (Å²) >= 11 is 0. The van der Waals surface area contributed by atoms with E-state index in [9.17, 15) is 0 Å². The third-order valence-corrected chi connectivity index (χ3v) is 13.5. The lowest BCUT2D eigenvalue weighted by Gasteiger charge is -2.34. The zero-order chi connectivity index (χ0) is 29.2. The van der Waals surface area contributed by atoms with E-state index in [-0.39, 0.29) is 0 Å². The van der Waals surface area contributed by atoms with Crippen LogP contribution < -0.4 is 20.2 Å². The fraction of sp³-hybridized carbons (Fsp3) is 0.316. The molecule has 0 saturated heterocycles. The van der Waals surface area contributed by atoms with Gasteiger partial charge in [0.15, 0.2) is 0 Å². The van der Waals surface area contributed by atoms with Crippen LogP contribution in [0.25, 0.3) is 21.5 Å². The second-order valence-electron chi connectivity index (χ2n) is 14.5. The number of anilines is 4. The summed E-state index contributed by atoms with van der Waals surface area (Å²) in [6.45, 7) is 17.4. The molecule has 0 fully saturated rings. The Labute approximate surface area is 254 Å². The molecule has 0 bridgehead atoms. The molecule has 2 heterocycles. The average Bonchev–Trinajstić information content (AvgIpc) is 2.97. The van der Waals surface area contributed by atoms with Crippen LogP contribution in [0.4, 0.5) is 22.7 Å². The van der Waals surface area contributed by atoms with Gasteiger partial charge < -0.3 is 9.80 Å². The van der Waals surface area contributed by atoms with Crippen LogP contribution in [-0.2, 0) is 12.8 Å². The van der Waals surface area contributed by atoms with E-state index in [2.05, 4.69) is 134 Å². The van der Waals surface area contributed by atoms with Crippen LogP contribution in [-0.4, -0.2) is 29.2 Å². The standard InChI is InChI=1S/C38H44N2Si2/c1-41(2,3)37-31-21-19-30(40-24-12-16-28-14-8-10-18-36(28)40)26-34(31)38(42(4,5)6)32-22-20-29(25-33(32)37)39-23-11-15-27-13-7-9-17-35(27)39/h7-10,13-14,17-22,25-26H,11-12,15-16,23-24H2,1-6H3. The highest BCUT2D eigenvalue weighted by Gasteiger charge is 2.31. The topological polar surface area (TPSA) is 6.48 Å². The largest absolute Gasteiger partial charge is 0.341 e. The molecule has 0 N–H and O–H groups in total. The van der Waals surface area contributed by atoms with E-state index in [1.807, 2.05) is 0 Å². The average molecular weight is 585 g/mol. The summed E-state index contributed by atoms with van der Waals surface area (Å²) in [5, 5.41) is 9.21. The first-order valence-electron chi connectivity index (χ1n) is 15.9. The van der Waals surface area contributed by atoms with E-state index in [4.69, 9.17) is 0 Å². The monoisotopic (exact) mass is 584 g/mol. The third kappa shape index (κ3) is 4.60. The molecule has 0 saturated carbocycles. The Balaban J connectivity index is 1.49. The quantitative estimate of drug-likeness (QED) is 0.153. The summed E-state index contributed by atoms with van der Waals surface area (Å²) in [5.41, 5.74) is 8.41. The molecular formula is C38H44N2Si2. The van der Waals surface area contributed by atoms with Crippen molar-refractivity contribution < 1.29 is 0 Å². The van der Waals surface area contributed by atoms with Crippen LogP contribution in [0.3, 0.4) is 0 Å². The lowest BCUT2D eigenvalue weighted by atomic mass is 9.98. The van der Waals surface area contributed by atoms with Gasteiger partial charge in [0.1, 0.15) is 0 Å². The van der Waals surface area contributed by atoms with Gasteiger partial charge in [0.25, 0.3) is 0 Å². The van der Waals surface area contributed by atoms with Crippen molar-refractivity contribution in [2.45, 2.75) is 65.0 Å². The van der Waals surface area contributed by atoms with Gasteiger partial charge in [-0.15, -0.1) is 0 Å². The van der Waals surface area contributed by atoms with E-state index < -0.39 is 16.1 Å². The summed E-state index contributed by atoms with van der Waals surface area (Å²) in [4.78, 5) is 5.14. The zero-order valence-corrected chi connectivity index (χ0v) is 28.2. The van der Waals surface area contributed by atoms with Gasteiger partial charge in [-0.25, -0.2) is 0 Å². The Kier molecular flexibility index (Phi) is 6.63. The number of hydrogen-bond donors (Lipinski definition) is 0. The number of para-hydroxylation sites is 2. The highest BCUT2D eigenvalue weighted by molar-refractivity contribution is 6.95. The third-order valence-electron chi connectivity index (χ3n) is 9.43. The SMILES string of the molecule is C[Si](C)(C)c1c2ccc(N3CCCc4ccccc43)cc2c([Si](C)(C)C)c2ccc(N3CCCc4ccccc43)cc12. The van der Waals surface area contributed by atoms with Gasteiger partial charge in [0.05, 0.1) is 16.1 Å². The summed E-state index contributed by atoms with van der Waals surface area (Å²) in [6, 6.07) is 32.9. The van der Waals surface area contributed by atoms with Crippen LogP contribution in [0.2, 0.25) is 39.3 Å². The van der Waals surface area contributed by atoms with Crippen LogP contribution >= 0.6 is 0 Å². The number of aryl methyl sites for hydroxylation is 2. The molecule has 4 heteroatoms. The van der Waals surface area contributed by atoms with Crippen LogP contribution in [0.5, 0.6) is 0 Å². The van der Waals surface area contributed by atoms with Gasteiger partial charge >= 0.3 is 0 Å². The first-order valence-corrected chi connectivity index (χ1v) is 22.9. The molecule has 0 radical (unpaired) electrons. The van der Waals surface area contributed by atoms with Crippen molar-refractivity contribution in [3.05, 3.63) is 96.1 Å². The highest BCUT2D eigenvalue weighted by Crippen LogP contribution is 2.38. The normalized spacial score (nSPS) is 15.7. The number of nitrogens with zero attached hydrogens (tertiary/aromatic N) is 2. The second kappa shape index (κ2) is 10.1. The maximum absolute atomic E-state index is 2.57. The molecule has 2 aliphatic heterocycles. The molecule has 5 aromatic carbocycles. The molecule has 0 atom stereocenters. The molecule has 2 nitrogen and oxygen atoms in total. The Morgan fingerprint density at radius 2 is 0.881 bits per heavy atom. The van der Waals surface area contributed by atoms with Crippen LogP contribution in [0.15, 0.2) is 84.9 Å². The highest BCUT2D eigenvalue weighted by atomic mass is 28.3. The number of fused-ring (bicyclic) bond motifs is 4. The maximum atomic E-state index is 2.57. The fourth-order valence-corrected chi connectivity index (χ4v) is 11.8. The van der Waals surface area contributed by atoms with Crippen LogP contribution in [0.1, 0.15) is 24.0 Å². The second-order valence-corrected chi connectivity index (χ2v) is 24.5. The lowest BCUT2D eigenvalue weighted by Crippen LogP contribution is -2.44. The Hall–Kier alpha value is -3.35. The van der Waals surface area contributed by atoms with Crippen molar-refractivity contribution in [2.24, 2.45) is 0 Å². The molecule has 0 spiro atoms. The fourth-order valence-electron chi connectivity index (χ4n) is 7.76. The Bertz CT molecular complexity index is 1690. The minimum atomic E-state index is -1.72. The molecule has 214 valence electrons. The molecule has 0 aliphatic carbocycles. The maximum Gasteiger partial charge on any atom is 0.0792 e. The molecule has 5 aromatic rings. The van der Waals surface area contributed by atoms with Gasteiger partial charge in [-0.05, 0) is 105 Å². The molecule has 0 unspecified atom stereocenters. The zero-order valence-electron chi connectivity index (χ0n) is 26.2. The van der Waals surface area contributed by atoms with Gasteiger partial charge in [-0.2, -0.15) is 0 Å². The Morgan fingerprint density at radius 3 is 1.29 bits per heavy atom. The van der Waals surface area contributed by atoms with Gasteiger partial charge in [-0.3, -0.25) is 0 Å². The van der Waals surface area contributed by atoms with E-state index >= 15 is 0 Å². The molecule has 2 aliphatic rings. The first kappa shape index (κ1) is 27.5. The van der Waals surface area contributed by atoms with E-state index in [0.29, 0.717) is 0 Å². The molecule has 7 rings (SSSR count). The minimum Gasteiger partial charge on any atom is -0.341 e. The van der Waals surface area contributed by atoms with E-state index in [1.165, 1.54) is 81.1 Å². The van der Waals surface area contributed by atoms with Crippen molar-refractivity contribution in [2.75, 3.05) is 22.9 Å². The van der Waals surface area contributed by atoms with Crippen molar-refractivity contribution in [3.63, 3.8) is 0 Å². The summed E-state index contributed by atoms with van der Waals surface area (Å²) in [7, 11) is -3.44. The summed E-state index contributed by atoms with van der Waals surface area (Å²) in [6.07, 6.45) is 4.76. The van der Waals surface area contributed by atoms with Crippen molar-refractivity contribution in [1.29, 1.82) is 0 Å².